The predicted octanol–water partition coefficient (Wildman–Crippen LogP) is 3.74. The van der Waals surface area contributed by atoms with Gasteiger partial charge in [0.1, 0.15) is 5.75 Å². The van der Waals surface area contributed by atoms with E-state index in [0.717, 1.165) is 31.6 Å². The molecule has 2 aromatic rings. The minimum absolute atomic E-state index is 0.0299. The van der Waals surface area contributed by atoms with Crippen molar-refractivity contribution in [2.24, 2.45) is 5.92 Å². The fourth-order valence-corrected chi connectivity index (χ4v) is 4.50. The van der Waals surface area contributed by atoms with Crippen LogP contribution < -0.4 is 10.1 Å². The number of Topliss-reactive ketones (excluding diaryl/α,β-unsaturated/α-hetero) is 1. The first-order valence-corrected chi connectivity index (χ1v) is 11.1. The quantitative estimate of drug-likeness (QED) is 0.667. The van der Waals surface area contributed by atoms with E-state index in [9.17, 15) is 18.4 Å². The van der Waals surface area contributed by atoms with Gasteiger partial charge in [-0.3, -0.25) is 14.5 Å². The Morgan fingerprint density at radius 1 is 1.12 bits per heavy atom. The number of ketones is 1. The number of amides is 1. The predicted molar refractivity (Wildman–Crippen MR) is 115 cm³/mol. The summed E-state index contributed by atoms with van der Waals surface area (Å²) in [5, 5.41) is 2.73. The van der Waals surface area contributed by atoms with E-state index in [1.165, 1.54) is 11.1 Å². The maximum absolute atomic E-state index is 13.0. The van der Waals surface area contributed by atoms with Crippen molar-refractivity contribution in [1.82, 2.24) is 10.2 Å². The summed E-state index contributed by atoms with van der Waals surface area (Å²) < 4.78 is 31.6. The average molecular weight is 440 g/mol. The summed E-state index contributed by atoms with van der Waals surface area (Å²) in [7, 11) is 0. The molecular weight excluding hydrogens is 414 g/mol. The van der Waals surface area contributed by atoms with Gasteiger partial charge in [-0.05, 0) is 41.7 Å². The molecule has 2 atom stereocenters. The lowest BCUT2D eigenvalue weighted by Gasteiger charge is -2.29. The smallest absolute Gasteiger partial charge is 0.255 e. The van der Waals surface area contributed by atoms with Crippen LogP contribution in [0, 0.1) is 5.92 Å². The van der Waals surface area contributed by atoms with E-state index in [0.29, 0.717) is 24.2 Å². The average Bonchev–Trinajstić information content (AvgIpc) is 3.17. The van der Waals surface area contributed by atoms with E-state index in [1.54, 1.807) is 0 Å². The van der Waals surface area contributed by atoms with Crippen molar-refractivity contribution in [3.05, 3.63) is 64.7 Å². The number of carbonyl (C=O) groups is 2. The lowest BCUT2D eigenvalue weighted by molar-refractivity contribution is -0.119. The Balaban J connectivity index is 1.15. The van der Waals surface area contributed by atoms with Gasteiger partial charge in [-0.25, -0.2) is 8.78 Å². The third-order valence-electron chi connectivity index (χ3n) is 6.63. The van der Waals surface area contributed by atoms with Gasteiger partial charge in [0.15, 0.2) is 5.78 Å². The summed E-state index contributed by atoms with van der Waals surface area (Å²) in [5.74, 6) is -2.62. The summed E-state index contributed by atoms with van der Waals surface area (Å²) in [6.45, 7) is 2.56. The van der Waals surface area contributed by atoms with Crippen LogP contribution in [0.4, 0.5) is 8.78 Å². The molecule has 168 valence electrons. The molecule has 1 saturated heterocycles. The Hall–Kier alpha value is -2.80. The number of ether oxygens (including phenoxy) is 1. The Labute approximate surface area is 185 Å². The second kappa shape index (κ2) is 8.28. The first-order chi connectivity index (χ1) is 15.4. The number of hydrogen-bond acceptors (Lipinski definition) is 4. The van der Waals surface area contributed by atoms with Gasteiger partial charge in [-0.15, -0.1) is 0 Å². The van der Waals surface area contributed by atoms with Gasteiger partial charge in [0.25, 0.3) is 5.92 Å². The summed E-state index contributed by atoms with van der Waals surface area (Å²) in [5.41, 5.74) is 4.19. The van der Waals surface area contributed by atoms with E-state index in [-0.39, 0.29) is 24.7 Å². The Kier molecular flexibility index (Phi) is 5.45. The molecule has 1 N–H and O–H groups in total. The topological polar surface area (TPSA) is 58.6 Å². The maximum Gasteiger partial charge on any atom is 0.255 e. The van der Waals surface area contributed by atoms with Gasteiger partial charge in [-0.2, -0.15) is 0 Å². The molecule has 1 saturated carbocycles. The van der Waals surface area contributed by atoms with Crippen molar-refractivity contribution >= 4 is 11.7 Å². The fraction of sp³-hybridized carbons (Fsp3) is 0.440. The number of halogens is 2. The highest BCUT2D eigenvalue weighted by Crippen LogP contribution is 2.48. The van der Waals surface area contributed by atoms with Crippen LogP contribution >= 0.6 is 0 Å². The van der Waals surface area contributed by atoms with Crippen LogP contribution in [0.1, 0.15) is 46.3 Å². The monoisotopic (exact) mass is 440 g/mol. The minimum Gasteiger partial charge on any atom is -0.493 e. The van der Waals surface area contributed by atoms with Gasteiger partial charge in [-0.1, -0.05) is 30.3 Å². The summed E-state index contributed by atoms with van der Waals surface area (Å²) >= 11 is 0. The molecule has 5 nitrogen and oxygen atoms in total. The summed E-state index contributed by atoms with van der Waals surface area (Å²) in [6, 6.07) is 13.1. The van der Waals surface area contributed by atoms with Gasteiger partial charge < -0.3 is 10.1 Å². The number of fused-ring (bicyclic) bond motifs is 1. The molecule has 1 aliphatic carbocycles. The number of alkyl halides is 2. The minimum atomic E-state index is -2.55. The maximum atomic E-state index is 13.0. The van der Waals surface area contributed by atoms with Crippen LogP contribution in [0.5, 0.6) is 5.75 Å². The number of rotatable bonds is 7. The van der Waals surface area contributed by atoms with E-state index in [1.807, 2.05) is 42.5 Å². The van der Waals surface area contributed by atoms with Crippen LogP contribution in [0.3, 0.4) is 0 Å². The van der Waals surface area contributed by atoms with Crippen molar-refractivity contribution in [3.63, 3.8) is 0 Å². The zero-order valence-electron chi connectivity index (χ0n) is 17.8. The third kappa shape index (κ3) is 4.53. The molecule has 0 radical (unpaired) electrons. The third-order valence-corrected chi connectivity index (χ3v) is 6.63. The number of carbonyl (C=O) groups excluding carboxylic acids is 2. The van der Waals surface area contributed by atoms with Crippen molar-refractivity contribution < 1.29 is 23.1 Å². The molecule has 0 bridgehead atoms. The standard InChI is InChI=1S/C25H26F2N2O3/c26-25(27)12-20(25)15-32-21-6-5-19-14-29(10-9-18(19)11-21)13-16-1-3-17(4-2-16)24(31)22-7-8-23(30)28-22/h1-6,11,20,22H,7-10,12-15H2,(H,28,30). The fourth-order valence-electron chi connectivity index (χ4n) is 4.50. The molecule has 0 spiro atoms. The molecule has 2 unspecified atom stereocenters. The van der Waals surface area contributed by atoms with Crippen molar-refractivity contribution in [2.75, 3.05) is 13.2 Å². The number of hydrogen-bond donors (Lipinski definition) is 1. The second-order valence-electron chi connectivity index (χ2n) is 9.08. The van der Waals surface area contributed by atoms with Crippen LogP contribution in [-0.4, -0.2) is 41.7 Å². The van der Waals surface area contributed by atoms with E-state index in [4.69, 9.17) is 4.74 Å². The molecule has 1 amide bonds. The highest BCUT2D eigenvalue weighted by molar-refractivity contribution is 6.03. The Morgan fingerprint density at radius 2 is 1.91 bits per heavy atom. The molecule has 0 aromatic heterocycles. The number of nitrogens with one attached hydrogen (secondary N) is 1. The highest BCUT2D eigenvalue weighted by Gasteiger charge is 2.57. The number of nitrogens with zero attached hydrogens (tertiary/aromatic N) is 1. The van der Waals surface area contributed by atoms with Crippen molar-refractivity contribution in [3.8, 4) is 5.75 Å². The zero-order chi connectivity index (χ0) is 22.3. The van der Waals surface area contributed by atoms with Crippen LogP contribution in [0.15, 0.2) is 42.5 Å². The Bertz CT molecular complexity index is 1040. The van der Waals surface area contributed by atoms with E-state index >= 15 is 0 Å². The molecule has 2 aliphatic heterocycles. The van der Waals surface area contributed by atoms with Crippen LogP contribution in [0.25, 0.3) is 0 Å². The molecule has 2 aromatic carbocycles. The van der Waals surface area contributed by atoms with Gasteiger partial charge in [0.05, 0.1) is 18.6 Å². The first-order valence-electron chi connectivity index (χ1n) is 11.1. The van der Waals surface area contributed by atoms with Gasteiger partial charge >= 0.3 is 0 Å². The van der Waals surface area contributed by atoms with Crippen LogP contribution in [0.2, 0.25) is 0 Å². The normalized spacial score (nSPS) is 24.0. The summed E-state index contributed by atoms with van der Waals surface area (Å²) in [4.78, 5) is 26.2. The zero-order valence-corrected chi connectivity index (χ0v) is 17.8. The van der Waals surface area contributed by atoms with Gasteiger partial charge in [0, 0.05) is 38.0 Å². The largest absolute Gasteiger partial charge is 0.493 e. The molecule has 2 heterocycles. The molecule has 5 rings (SSSR count). The Morgan fingerprint density at radius 3 is 2.59 bits per heavy atom. The first kappa shape index (κ1) is 21.1. The van der Waals surface area contributed by atoms with Crippen LogP contribution in [-0.2, 0) is 24.3 Å². The lowest BCUT2D eigenvalue weighted by Crippen LogP contribution is -2.33. The molecular formula is C25H26F2N2O3. The van der Waals surface area contributed by atoms with Gasteiger partial charge in [0.2, 0.25) is 5.91 Å². The van der Waals surface area contributed by atoms with E-state index in [2.05, 4.69) is 10.2 Å². The number of benzene rings is 2. The molecule has 7 heteroatoms. The molecule has 3 aliphatic rings. The van der Waals surface area contributed by atoms with Crippen molar-refractivity contribution in [1.29, 1.82) is 0 Å². The second-order valence-corrected chi connectivity index (χ2v) is 9.08. The summed E-state index contributed by atoms with van der Waals surface area (Å²) in [6.07, 6.45) is 1.78. The molecule has 32 heavy (non-hydrogen) atoms. The van der Waals surface area contributed by atoms with Crippen molar-refractivity contribution in [2.45, 2.75) is 50.7 Å². The van der Waals surface area contributed by atoms with E-state index < -0.39 is 17.9 Å². The lowest BCUT2D eigenvalue weighted by atomic mass is 9.98. The highest BCUT2D eigenvalue weighted by atomic mass is 19.3. The SMILES string of the molecule is O=C1CCC(C(=O)c2ccc(CN3CCc4cc(OCC5CC5(F)F)ccc4C3)cc2)N1. The molecule has 2 fully saturated rings.